The summed E-state index contributed by atoms with van der Waals surface area (Å²) in [6.45, 7) is 7.30. The maximum absolute atomic E-state index is 12.2. The molecule has 1 aromatic rings. The minimum Gasteiger partial charge on any atom is -0.367 e. The van der Waals surface area contributed by atoms with Crippen molar-refractivity contribution in [2.75, 3.05) is 39.3 Å². The van der Waals surface area contributed by atoms with E-state index in [1.807, 2.05) is 42.2 Å². The zero-order valence-corrected chi connectivity index (χ0v) is 13.4. The van der Waals surface area contributed by atoms with E-state index in [1.54, 1.807) is 0 Å². The first-order chi connectivity index (χ1) is 10.8. The summed E-state index contributed by atoms with van der Waals surface area (Å²) in [6.07, 6.45) is 5.27. The second kappa shape index (κ2) is 9.38. The highest BCUT2D eigenvalue weighted by Crippen LogP contribution is 2.05. The number of hydrogen-bond acceptors (Lipinski definition) is 3. The Kier molecular flexibility index (Phi) is 7.13. The summed E-state index contributed by atoms with van der Waals surface area (Å²) in [7, 11) is 0. The van der Waals surface area contributed by atoms with Gasteiger partial charge in [-0.15, -0.1) is 0 Å². The van der Waals surface area contributed by atoms with E-state index >= 15 is 0 Å². The molecule has 1 aliphatic heterocycles. The van der Waals surface area contributed by atoms with Crippen LogP contribution in [0.2, 0.25) is 0 Å². The van der Waals surface area contributed by atoms with E-state index in [-0.39, 0.29) is 12.5 Å². The number of amides is 1. The number of carbonyl (C=O) groups is 1. The van der Waals surface area contributed by atoms with Gasteiger partial charge in [-0.3, -0.25) is 9.69 Å². The molecule has 1 saturated heterocycles. The molecule has 0 spiro atoms. The van der Waals surface area contributed by atoms with Crippen molar-refractivity contribution in [3.05, 3.63) is 48.0 Å². The summed E-state index contributed by atoms with van der Waals surface area (Å²) in [5.41, 5.74) is 1.10. The van der Waals surface area contributed by atoms with E-state index < -0.39 is 0 Å². The van der Waals surface area contributed by atoms with Crippen LogP contribution in [0, 0.1) is 0 Å². The number of benzene rings is 1. The van der Waals surface area contributed by atoms with Gasteiger partial charge >= 0.3 is 0 Å². The fourth-order valence-corrected chi connectivity index (χ4v) is 2.58. The lowest BCUT2D eigenvalue weighted by molar-refractivity contribution is -0.136. The van der Waals surface area contributed by atoms with Crippen LogP contribution in [0.15, 0.2) is 42.5 Å². The van der Waals surface area contributed by atoms with Crippen molar-refractivity contribution in [1.82, 2.24) is 9.80 Å². The normalized spacial score (nSPS) is 16.9. The van der Waals surface area contributed by atoms with E-state index in [4.69, 9.17) is 4.74 Å². The Morgan fingerprint density at radius 1 is 1.18 bits per heavy atom. The third-order valence-corrected chi connectivity index (χ3v) is 3.88. The lowest BCUT2D eigenvalue weighted by Crippen LogP contribution is -2.37. The third-order valence-electron chi connectivity index (χ3n) is 3.88. The Morgan fingerprint density at radius 2 is 2.00 bits per heavy atom. The van der Waals surface area contributed by atoms with Crippen LogP contribution in [0.25, 0.3) is 0 Å². The predicted molar refractivity (Wildman–Crippen MR) is 88.5 cm³/mol. The minimum absolute atomic E-state index is 0.101. The Balaban J connectivity index is 1.71. The fourth-order valence-electron chi connectivity index (χ4n) is 2.58. The van der Waals surface area contributed by atoms with Gasteiger partial charge in [-0.05, 0) is 18.9 Å². The Hall–Kier alpha value is -1.65. The lowest BCUT2D eigenvalue weighted by atomic mass is 10.2. The van der Waals surface area contributed by atoms with Crippen LogP contribution in [-0.4, -0.2) is 55.0 Å². The smallest absolute Gasteiger partial charge is 0.248 e. The summed E-state index contributed by atoms with van der Waals surface area (Å²) >= 11 is 0. The molecule has 0 bridgehead atoms. The quantitative estimate of drug-likeness (QED) is 0.756. The molecule has 22 heavy (non-hydrogen) atoms. The number of carbonyl (C=O) groups excluding carboxylic acids is 1. The van der Waals surface area contributed by atoms with Crippen molar-refractivity contribution in [3.8, 4) is 0 Å². The van der Waals surface area contributed by atoms with Gasteiger partial charge in [-0.25, -0.2) is 0 Å². The van der Waals surface area contributed by atoms with Crippen LogP contribution < -0.4 is 0 Å². The Labute approximate surface area is 133 Å². The topological polar surface area (TPSA) is 32.8 Å². The molecule has 1 aromatic carbocycles. The highest BCUT2D eigenvalue weighted by atomic mass is 16.5. The van der Waals surface area contributed by atoms with Crippen molar-refractivity contribution in [2.45, 2.75) is 20.0 Å². The Morgan fingerprint density at radius 3 is 2.77 bits per heavy atom. The molecule has 1 fully saturated rings. The number of rotatable bonds is 6. The molecule has 0 atom stereocenters. The average molecular weight is 302 g/mol. The van der Waals surface area contributed by atoms with Gasteiger partial charge in [0.1, 0.15) is 6.61 Å². The monoisotopic (exact) mass is 302 g/mol. The zero-order chi connectivity index (χ0) is 15.6. The molecular weight excluding hydrogens is 276 g/mol. The number of nitrogens with zero attached hydrogens (tertiary/aromatic N) is 2. The average Bonchev–Trinajstić information content (AvgIpc) is 2.79. The summed E-state index contributed by atoms with van der Waals surface area (Å²) in [4.78, 5) is 16.5. The van der Waals surface area contributed by atoms with Gasteiger partial charge < -0.3 is 9.64 Å². The summed E-state index contributed by atoms with van der Waals surface area (Å²) in [5.74, 6) is 0.101. The van der Waals surface area contributed by atoms with Gasteiger partial charge in [-0.2, -0.15) is 0 Å². The standard InChI is InChI=1S/C18H26N2O2/c1-2-3-10-19-11-7-12-20(14-13-19)18(21)16-22-15-17-8-5-4-6-9-17/h2-6,8-9H,7,10-16H2,1H3. The van der Waals surface area contributed by atoms with Crippen LogP contribution in [0.3, 0.4) is 0 Å². The van der Waals surface area contributed by atoms with Crippen molar-refractivity contribution < 1.29 is 9.53 Å². The molecule has 1 heterocycles. The molecule has 4 heteroatoms. The fraction of sp³-hybridized carbons (Fsp3) is 0.500. The van der Waals surface area contributed by atoms with Crippen molar-refractivity contribution >= 4 is 5.91 Å². The van der Waals surface area contributed by atoms with E-state index in [2.05, 4.69) is 17.1 Å². The van der Waals surface area contributed by atoms with E-state index in [0.717, 1.165) is 44.7 Å². The first kappa shape index (κ1) is 16.7. The van der Waals surface area contributed by atoms with Gasteiger partial charge in [0.2, 0.25) is 5.91 Å². The largest absolute Gasteiger partial charge is 0.367 e. The van der Waals surface area contributed by atoms with Crippen LogP contribution >= 0.6 is 0 Å². The lowest BCUT2D eigenvalue weighted by Gasteiger charge is -2.21. The van der Waals surface area contributed by atoms with Gasteiger partial charge in [0.15, 0.2) is 0 Å². The first-order valence-corrected chi connectivity index (χ1v) is 8.02. The van der Waals surface area contributed by atoms with Gasteiger partial charge in [0, 0.05) is 32.7 Å². The van der Waals surface area contributed by atoms with Crippen molar-refractivity contribution in [3.63, 3.8) is 0 Å². The van der Waals surface area contributed by atoms with Crippen LogP contribution in [-0.2, 0) is 16.1 Å². The second-order valence-electron chi connectivity index (χ2n) is 5.58. The molecule has 1 aliphatic rings. The maximum Gasteiger partial charge on any atom is 0.248 e. The van der Waals surface area contributed by atoms with Crippen molar-refractivity contribution in [1.29, 1.82) is 0 Å². The highest BCUT2D eigenvalue weighted by molar-refractivity contribution is 5.77. The molecule has 0 saturated carbocycles. The second-order valence-corrected chi connectivity index (χ2v) is 5.58. The Bertz CT molecular complexity index is 473. The van der Waals surface area contributed by atoms with E-state index in [0.29, 0.717) is 6.61 Å². The third kappa shape index (κ3) is 5.62. The number of ether oxygens (including phenoxy) is 1. The summed E-state index contributed by atoms with van der Waals surface area (Å²) in [6, 6.07) is 9.96. The number of allylic oxidation sites excluding steroid dienone is 1. The molecule has 0 aliphatic carbocycles. The molecule has 0 radical (unpaired) electrons. The van der Waals surface area contributed by atoms with Crippen molar-refractivity contribution in [2.24, 2.45) is 0 Å². The van der Waals surface area contributed by atoms with E-state index in [1.165, 1.54) is 0 Å². The minimum atomic E-state index is 0.101. The first-order valence-electron chi connectivity index (χ1n) is 8.02. The molecule has 0 N–H and O–H groups in total. The van der Waals surface area contributed by atoms with E-state index in [9.17, 15) is 4.79 Å². The van der Waals surface area contributed by atoms with Crippen LogP contribution in [0.5, 0.6) is 0 Å². The molecule has 0 aromatic heterocycles. The van der Waals surface area contributed by atoms with Gasteiger partial charge in [0.25, 0.3) is 0 Å². The SMILES string of the molecule is CC=CCN1CCCN(C(=O)COCc2ccccc2)CC1. The number of hydrogen-bond donors (Lipinski definition) is 0. The van der Waals surface area contributed by atoms with Crippen LogP contribution in [0.4, 0.5) is 0 Å². The molecule has 0 unspecified atom stereocenters. The molecule has 1 amide bonds. The van der Waals surface area contributed by atoms with Crippen LogP contribution in [0.1, 0.15) is 18.9 Å². The summed E-state index contributed by atoms with van der Waals surface area (Å²) < 4.78 is 5.55. The molecule has 2 rings (SSSR count). The highest BCUT2D eigenvalue weighted by Gasteiger charge is 2.18. The summed E-state index contributed by atoms with van der Waals surface area (Å²) in [5, 5.41) is 0. The zero-order valence-electron chi connectivity index (χ0n) is 13.4. The maximum atomic E-state index is 12.2. The predicted octanol–water partition coefficient (Wildman–Crippen LogP) is 2.31. The molecule has 120 valence electrons. The molecular formula is C18H26N2O2. The van der Waals surface area contributed by atoms with Gasteiger partial charge in [-0.1, -0.05) is 42.5 Å². The van der Waals surface area contributed by atoms with Gasteiger partial charge in [0.05, 0.1) is 6.61 Å². The molecule has 4 nitrogen and oxygen atoms in total.